The quantitative estimate of drug-likeness (QED) is 0.822. The Morgan fingerprint density at radius 1 is 1.05 bits per heavy atom. The standard InChI is InChI=1S/C17H18BrFO/c18-15-9-14(10-16(19)12-15)11-17(20)8-4-7-13-5-2-1-3-6-13/h1-3,5-6,9-10,12,17,20H,4,7-8,11H2. The molecule has 0 saturated carbocycles. The zero-order valence-corrected chi connectivity index (χ0v) is 12.8. The zero-order valence-electron chi connectivity index (χ0n) is 11.2. The van der Waals surface area contributed by atoms with E-state index in [1.165, 1.54) is 17.7 Å². The SMILES string of the molecule is OC(CCCc1ccccc1)Cc1cc(F)cc(Br)c1. The molecule has 1 N–H and O–H groups in total. The van der Waals surface area contributed by atoms with E-state index in [1.54, 1.807) is 0 Å². The minimum Gasteiger partial charge on any atom is -0.393 e. The van der Waals surface area contributed by atoms with Crippen molar-refractivity contribution in [1.29, 1.82) is 0 Å². The summed E-state index contributed by atoms with van der Waals surface area (Å²) < 4.78 is 14.0. The summed E-state index contributed by atoms with van der Waals surface area (Å²) in [6.45, 7) is 0. The van der Waals surface area contributed by atoms with Crippen LogP contribution in [0, 0.1) is 5.82 Å². The molecule has 0 aliphatic heterocycles. The molecule has 1 atom stereocenters. The molecule has 0 aliphatic rings. The summed E-state index contributed by atoms with van der Waals surface area (Å²) in [6, 6.07) is 15.0. The van der Waals surface area contributed by atoms with Crippen molar-refractivity contribution in [2.75, 3.05) is 0 Å². The number of hydrogen-bond donors (Lipinski definition) is 1. The van der Waals surface area contributed by atoms with E-state index in [9.17, 15) is 9.50 Å². The van der Waals surface area contributed by atoms with Gasteiger partial charge in [0.1, 0.15) is 5.82 Å². The van der Waals surface area contributed by atoms with Crippen LogP contribution >= 0.6 is 15.9 Å². The Labute approximate surface area is 127 Å². The average molecular weight is 337 g/mol. The highest BCUT2D eigenvalue weighted by Crippen LogP contribution is 2.17. The van der Waals surface area contributed by atoms with Gasteiger partial charge in [0.2, 0.25) is 0 Å². The Morgan fingerprint density at radius 3 is 2.50 bits per heavy atom. The Bertz CT molecular complexity index is 522. The molecule has 2 rings (SSSR count). The second-order valence-electron chi connectivity index (χ2n) is 5.01. The summed E-state index contributed by atoms with van der Waals surface area (Å²) in [5.74, 6) is -0.272. The number of aliphatic hydroxyl groups excluding tert-OH is 1. The van der Waals surface area contributed by atoms with Crippen LogP contribution in [0.2, 0.25) is 0 Å². The van der Waals surface area contributed by atoms with Crippen LogP contribution in [0.25, 0.3) is 0 Å². The van der Waals surface area contributed by atoms with Gasteiger partial charge in [-0.15, -0.1) is 0 Å². The van der Waals surface area contributed by atoms with Gasteiger partial charge in [0, 0.05) is 4.47 Å². The molecule has 0 bridgehead atoms. The third-order valence-corrected chi connectivity index (χ3v) is 3.70. The Kier molecular flexibility index (Phi) is 5.74. The van der Waals surface area contributed by atoms with Gasteiger partial charge < -0.3 is 5.11 Å². The van der Waals surface area contributed by atoms with Gasteiger partial charge >= 0.3 is 0 Å². The lowest BCUT2D eigenvalue weighted by Gasteiger charge is -2.11. The second-order valence-corrected chi connectivity index (χ2v) is 5.93. The van der Waals surface area contributed by atoms with Crippen molar-refractivity contribution in [3.8, 4) is 0 Å². The van der Waals surface area contributed by atoms with E-state index in [0.29, 0.717) is 10.9 Å². The van der Waals surface area contributed by atoms with Gasteiger partial charge in [0.15, 0.2) is 0 Å². The van der Waals surface area contributed by atoms with Gasteiger partial charge in [-0.3, -0.25) is 0 Å². The van der Waals surface area contributed by atoms with Crippen molar-refractivity contribution in [3.63, 3.8) is 0 Å². The van der Waals surface area contributed by atoms with Crippen LogP contribution in [-0.2, 0) is 12.8 Å². The summed E-state index contributed by atoms with van der Waals surface area (Å²) in [5, 5.41) is 10.0. The summed E-state index contributed by atoms with van der Waals surface area (Å²) >= 11 is 3.26. The molecule has 0 heterocycles. The fourth-order valence-electron chi connectivity index (χ4n) is 2.29. The zero-order chi connectivity index (χ0) is 14.4. The lowest BCUT2D eigenvalue weighted by molar-refractivity contribution is 0.162. The second kappa shape index (κ2) is 7.55. The lowest BCUT2D eigenvalue weighted by atomic mass is 10.0. The van der Waals surface area contributed by atoms with E-state index < -0.39 is 6.10 Å². The number of rotatable bonds is 6. The third-order valence-electron chi connectivity index (χ3n) is 3.24. The molecule has 0 aliphatic carbocycles. The van der Waals surface area contributed by atoms with E-state index in [4.69, 9.17) is 0 Å². The van der Waals surface area contributed by atoms with E-state index >= 15 is 0 Å². The van der Waals surface area contributed by atoms with E-state index in [-0.39, 0.29) is 5.82 Å². The fourth-order valence-corrected chi connectivity index (χ4v) is 2.80. The van der Waals surface area contributed by atoms with E-state index in [2.05, 4.69) is 28.1 Å². The molecule has 0 fully saturated rings. The van der Waals surface area contributed by atoms with Gasteiger partial charge in [-0.25, -0.2) is 4.39 Å². The summed E-state index contributed by atoms with van der Waals surface area (Å²) in [4.78, 5) is 0. The molecule has 0 saturated heterocycles. The maximum atomic E-state index is 13.2. The maximum absolute atomic E-state index is 13.2. The predicted octanol–water partition coefficient (Wildman–Crippen LogP) is 4.51. The van der Waals surface area contributed by atoms with Gasteiger partial charge in [0.05, 0.1) is 6.10 Å². The monoisotopic (exact) mass is 336 g/mol. The lowest BCUT2D eigenvalue weighted by Crippen LogP contribution is -2.11. The number of halogens is 2. The van der Waals surface area contributed by atoms with Crippen molar-refractivity contribution in [2.24, 2.45) is 0 Å². The molecule has 1 nitrogen and oxygen atoms in total. The van der Waals surface area contributed by atoms with Gasteiger partial charge in [-0.1, -0.05) is 46.3 Å². The minimum absolute atomic E-state index is 0.272. The minimum atomic E-state index is -0.424. The van der Waals surface area contributed by atoms with Crippen LogP contribution in [0.15, 0.2) is 53.0 Å². The van der Waals surface area contributed by atoms with Gasteiger partial charge in [-0.05, 0) is 55.0 Å². The highest BCUT2D eigenvalue weighted by molar-refractivity contribution is 9.10. The first-order chi connectivity index (χ1) is 9.63. The van der Waals surface area contributed by atoms with Crippen molar-refractivity contribution in [1.82, 2.24) is 0 Å². The van der Waals surface area contributed by atoms with Crippen LogP contribution in [0.4, 0.5) is 4.39 Å². The first-order valence-corrected chi connectivity index (χ1v) is 7.60. The summed E-state index contributed by atoms with van der Waals surface area (Å²) in [6.07, 6.45) is 2.69. The van der Waals surface area contributed by atoms with E-state index in [0.717, 1.165) is 24.8 Å². The largest absolute Gasteiger partial charge is 0.393 e. The van der Waals surface area contributed by atoms with Crippen molar-refractivity contribution >= 4 is 15.9 Å². The molecule has 0 radical (unpaired) electrons. The first kappa shape index (κ1) is 15.2. The fraction of sp³-hybridized carbons (Fsp3) is 0.294. The topological polar surface area (TPSA) is 20.2 Å². The van der Waals surface area contributed by atoms with Gasteiger partial charge in [-0.2, -0.15) is 0 Å². The maximum Gasteiger partial charge on any atom is 0.124 e. The molecule has 3 heteroatoms. The Balaban J connectivity index is 1.79. The van der Waals surface area contributed by atoms with Crippen molar-refractivity contribution < 1.29 is 9.50 Å². The molecular weight excluding hydrogens is 319 g/mol. The number of hydrogen-bond acceptors (Lipinski definition) is 1. The van der Waals surface area contributed by atoms with Crippen LogP contribution in [0.1, 0.15) is 24.0 Å². The van der Waals surface area contributed by atoms with Crippen LogP contribution in [0.5, 0.6) is 0 Å². The highest BCUT2D eigenvalue weighted by atomic mass is 79.9. The molecule has 0 aromatic heterocycles. The molecule has 2 aromatic carbocycles. The van der Waals surface area contributed by atoms with Crippen LogP contribution in [-0.4, -0.2) is 11.2 Å². The number of aryl methyl sites for hydroxylation is 1. The molecule has 2 aromatic rings. The van der Waals surface area contributed by atoms with Gasteiger partial charge in [0.25, 0.3) is 0 Å². The van der Waals surface area contributed by atoms with E-state index in [1.807, 2.05) is 24.3 Å². The molecule has 20 heavy (non-hydrogen) atoms. The molecule has 106 valence electrons. The molecule has 0 spiro atoms. The Hall–Kier alpha value is -1.19. The molecule has 0 amide bonds. The normalized spacial score (nSPS) is 12.3. The van der Waals surface area contributed by atoms with Crippen molar-refractivity contribution in [2.45, 2.75) is 31.8 Å². The summed E-state index contributed by atoms with van der Waals surface area (Å²) in [7, 11) is 0. The number of benzene rings is 2. The summed E-state index contributed by atoms with van der Waals surface area (Å²) in [5.41, 5.74) is 2.11. The first-order valence-electron chi connectivity index (χ1n) is 6.80. The third kappa shape index (κ3) is 5.06. The highest BCUT2D eigenvalue weighted by Gasteiger charge is 2.07. The number of aliphatic hydroxyl groups is 1. The Morgan fingerprint density at radius 2 is 1.80 bits per heavy atom. The molecule has 1 unspecified atom stereocenters. The van der Waals surface area contributed by atoms with Crippen LogP contribution in [0.3, 0.4) is 0 Å². The van der Waals surface area contributed by atoms with Crippen molar-refractivity contribution in [3.05, 3.63) is 69.9 Å². The molecular formula is C17H18BrFO. The van der Waals surface area contributed by atoms with Crippen LogP contribution < -0.4 is 0 Å². The average Bonchev–Trinajstić information content (AvgIpc) is 2.38. The predicted molar refractivity (Wildman–Crippen MR) is 83.2 cm³/mol. The smallest absolute Gasteiger partial charge is 0.124 e.